The Kier molecular flexibility index (Phi) is 7.94. The van der Waals surface area contributed by atoms with Gasteiger partial charge in [-0.25, -0.2) is 14.8 Å². The topological polar surface area (TPSA) is 84.8 Å². The fourth-order valence-corrected chi connectivity index (χ4v) is 4.02. The SMILES string of the molecule is COc1ccc(CCN(C)c2cc(C)nc(SCc3cccc(C(=O)O)c3)n2)cc1OC. The largest absolute Gasteiger partial charge is 0.493 e. The van der Waals surface area contributed by atoms with E-state index in [1.54, 1.807) is 32.4 Å². The van der Waals surface area contributed by atoms with Gasteiger partial charge in [0.25, 0.3) is 0 Å². The predicted octanol–water partition coefficient (Wildman–Crippen LogP) is 4.47. The van der Waals surface area contributed by atoms with Crippen LogP contribution >= 0.6 is 11.8 Å². The second kappa shape index (κ2) is 10.9. The first-order valence-electron chi connectivity index (χ1n) is 10.1. The van der Waals surface area contributed by atoms with Gasteiger partial charge in [-0.05, 0) is 48.7 Å². The van der Waals surface area contributed by atoms with Gasteiger partial charge in [0.05, 0.1) is 19.8 Å². The highest BCUT2D eigenvalue weighted by molar-refractivity contribution is 7.98. The lowest BCUT2D eigenvalue weighted by atomic mass is 10.1. The molecule has 0 aliphatic rings. The minimum atomic E-state index is -0.929. The Morgan fingerprint density at radius 2 is 1.81 bits per heavy atom. The van der Waals surface area contributed by atoms with E-state index in [1.807, 2.05) is 44.3 Å². The summed E-state index contributed by atoms with van der Waals surface area (Å²) in [7, 11) is 5.27. The van der Waals surface area contributed by atoms with E-state index in [2.05, 4.69) is 9.88 Å². The quantitative estimate of drug-likeness (QED) is 0.355. The predicted molar refractivity (Wildman–Crippen MR) is 126 cm³/mol. The van der Waals surface area contributed by atoms with Crippen molar-refractivity contribution in [1.82, 2.24) is 9.97 Å². The van der Waals surface area contributed by atoms with Gasteiger partial charge in [-0.1, -0.05) is 30.0 Å². The maximum absolute atomic E-state index is 11.2. The van der Waals surface area contributed by atoms with Crippen molar-refractivity contribution >= 4 is 23.5 Å². The van der Waals surface area contributed by atoms with Crippen molar-refractivity contribution in [2.24, 2.45) is 0 Å². The summed E-state index contributed by atoms with van der Waals surface area (Å²) in [5, 5.41) is 9.83. The van der Waals surface area contributed by atoms with Crippen LogP contribution in [-0.2, 0) is 12.2 Å². The second-order valence-corrected chi connectivity index (χ2v) is 8.25. The third-order valence-electron chi connectivity index (χ3n) is 4.94. The highest BCUT2D eigenvalue weighted by Gasteiger charge is 2.10. The van der Waals surface area contributed by atoms with Gasteiger partial charge in [-0.15, -0.1) is 0 Å². The van der Waals surface area contributed by atoms with E-state index >= 15 is 0 Å². The molecule has 0 saturated carbocycles. The molecule has 0 unspecified atom stereocenters. The van der Waals surface area contributed by atoms with Crippen molar-refractivity contribution in [3.8, 4) is 11.5 Å². The van der Waals surface area contributed by atoms with Gasteiger partial charge >= 0.3 is 5.97 Å². The van der Waals surface area contributed by atoms with Crippen LogP contribution in [0.15, 0.2) is 53.7 Å². The van der Waals surface area contributed by atoms with Gasteiger partial charge in [-0.3, -0.25) is 0 Å². The molecule has 0 aliphatic heterocycles. The van der Waals surface area contributed by atoms with Gasteiger partial charge in [0.2, 0.25) is 0 Å². The lowest BCUT2D eigenvalue weighted by Gasteiger charge is -2.19. The molecule has 3 aromatic rings. The van der Waals surface area contributed by atoms with E-state index in [-0.39, 0.29) is 5.56 Å². The van der Waals surface area contributed by atoms with Crippen LogP contribution in [0, 0.1) is 6.92 Å². The van der Waals surface area contributed by atoms with Crippen LogP contribution in [0.2, 0.25) is 0 Å². The van der Waals surface area contributed by atoms with E-state index in [0.717, 1.165) is 41.4 Å². The third kappa shape index (κ3) is 6.13. The van der Waals surface area contributed by atoms with Crippen molar-refractivity contribution in [3.05, 3.63) is 70.9 Å². The minimum absolute atomic E-state index is 0.281. The van der Waals surface area contributed by atoms with Crippen LogP contribution in [0.4, 0.5) is 5.82 Å². The zero-order chi connectivity index (χ0) is 23.1. The van der Waals surface area contributed by atoms with E-state index in [1.165, 1.54) is 11.8 Å². The number of hydrogen-bond donors (Lipinski definition) is 1. The normalized spacial score (nSPS) is 10.6. The van der Waals surface area contributed by atoms with Crippen LogP contribution in [0.25, 0.3) is 0 Å². The maximum atomic E-state index is 11.2. The molecule has 1 heterocycles. The Bertz CT molecular complexity index is 1090. The lowest BCUT2D eigenvalue weighted by Crippen LogP contribution is -2.22. The average Bonchev–Trinajstić information content (AvgIpc) is 2.80. The Morgan fingerprint density at radius 1 is 1.03 bits per heavy atom. The fourth-order valence-electron chi connectivity index (χ4n) is 3.17. The van der Waals surface area contributed by atoms with Crippen molar-refractivity contribution in [3.63, 3.8) is 0 Å². The Hall–Kier alpha value is -3.26. The van der Waals surface area contributed by atoms with E-state index in [9.17, 15) is 4.79 Å². The Balaban J connectivity index is 1.65. The number of nitrogens with zero attached hydrogens (tertiary/aromatic N) is 3. The van der Waals surface area contributed by atoms with Gasteiger partial charge in [0, 0.05) is 31.1 Å². The minimum Gasteiger partial charge on any atom is -0.493 e. The number of carboxylic acids is 1. The standard InChI is InChI=1S/C24H27N3O4S/c1-16-12-22(27(2)11-10-17-8-9-20(30-3)21(14-17)31-4)26-24(25-16)32-15-18-6-5-7-19(13-18)23(28)29/h5-9,12-14H,10-11,15H2,1-4H3,(H,28,29). The molecule has 1 N–H and O–H groups in total. The van der Waals surface area contributed by atoms with E-state index < -0.39 is 5.97 Å². The highest BCUT2D eigenvalue weighted by atomic mass is 32.2. The van der Waals surface area contributed by atoms with Crippen LogP contribution < -0.4 is 14.4 Å². The van der Waals surface area contributed by atoms with E-state index in [0.29, 0.717) is 16.7 Å². The van der Waals surface area contributed by atoms with Gasteiger partial charge in [0.1, 0.15) is 5.82 Å². The molecule has 0 amide bonds. The second-order valence-electron chi connectivity index (χ2n) is 7.31. The monoisotopic (exact) mass is 453 g/mol. The van der Waals surface area contributed by atoms with Crippen LogP contribution in [-0.4, -0.2) is 48.9 Å². The number of aromatic nitrogens is 2. The first kappa shape index (κ1) is 23.4. The summed E-state index contributed by atoms with van der Waals surface area (Å²) in [6.07, 6.45) is 0.824. The molecule has 0 atom stereocenters. The molecule has 1 aromatic heterocycles. The molecule has 168 valence electrons. The zero-order valence-electron chi connectivity index (χ0n) is 18.7. The number of benzene rings is 2. The first-order chi connectivity index (χ1) is 15.4. The van der Waals surface area contributed by atoms with Crippen LogP contribution in [0.3, 0.4) is 0 Å². The number of carboxylic acid groups (broad SMARTS) is 1. The molecule has 0 bridgehead atoms. The van der Waals surface area contributed by atoms with Gasteiger partial charge in [0.15, 0.2) is 16.7 Å². The molecule has 0 spiro atoms. The molecule has 8 heteroatoms. The number of rotatable bonds is 10. The lowest BCUT2D eigenvalue weighted by molar-refractivity contribution is 0.0696. The first-order valence-corrected chi connectivity index (χ1v) is 11.1. The van der Waals surface area contributed by atoms with Crippen molar-refractivity contribution < 1.29 is 19.4 Å². The Morgan fingerprint density at radius 3 is 2.53 bits per heavy atom. The number of thioether (sulfide) groups is 1. The number of aromatic carboxylic acids is 1. The average molecular weight is 454 g/mol. The Labute approximate surface area is 192 Å². The number of carbonyl (C=O) groups is 1. The zero-order valence-corrected chi connectivity index (χ0v) is 19.5. The number of ether oxygens (including phenoxy) is 2. The molecule has 2 aromatic carbocycles. The smallest absolute Gasteiger partial charge is 0.335 e. The molecular formula is C24H27N3O4S. The maximum Gasteiger partial charge on any atom is 0.335 e. The fraction of sp³-hybridized carbons (Fsp3) is 0.292. The molecule has 0 fully saturated rings. The number of anilines is 1. The summed E-state index contributed by atoms with van der Waals surface area (Å²) >= 11 is 1.49. The summed E-state index contributed by atoms with van der Waals surface area (Å²) in [6, 6.07) is 14.8. The summed E-state index contributed by atoms with van der Waals surface area (Å²) < 4.78 is 10.7. The molecule has 0 saturated heterocycles. The molecule has 32 heavy (non-hydrogen) atoms. The number of hydrogen-bond acceptors (Lipinski definition) is 7. The summed E-state index contributed by atoms with van der Waals surface area (Å²) in [4.78, 5) is 22.5. The van der Waals surface area contributed by atoms with Crippen LogP contribution in [0.1, 0.15) is 27.2 Å². The molecular weight excluding hydrogens is 426 g/mol. The summed E-state index contributed by atoms with van der Waals surface area (Å²) in [5.41, 5.74) is 3.23. The third-order valence-corrected chi connectivity index (χ3v) is 5.86. The summed E-state index contributed by atoms with van der Waals surface area (Å²) in [6.45, 7) is 2.72. The number of likely N-dealkylation sites (N-methyl/N-ethyl adjacent to an activating group) is 1. The molecule has 3 rings (SSSR count). The van der Waals surface area contributed by atoms with E-state index in [4.69, 9.17) is 19.6 Å². The number of methoxy groups -OCH3 is 2. The van der Waals surface area contributed by atoms with Crippen molar-refractivity contribution in [2.45, 2.75) is 24.3 Å². The van der Waals surface area contributed by atoms with Crippen molar-refractivity contribution in [1.29, 1.82) is 0 Å². The molecule has 7 nitrogen and oxygen atoms in total. The van der Waals surface area contributed by atoms with Gasteiger partial charge < -0.3 is 19.5 Å². The molecule has 0 radical (unpaired) electrons. The van der Waals surface area contributed by atoms with Gasteiger partial charge in [-0.2, -0.15) is 0 Å². The summed E-state index contributed by atoms with van der Waals surface area (Å²) in [5.74, 6) is 1.95. The number of aryl methyl sites for hydroxylation is 1. The van der Waals surface area contributed by atoms with Crippen molar-refractivity contribution in [2.75, 3.05) is 32.7 Å². The molecule has 0 aliphatic carbocycles. The highest BCUT2D eigenvalue weighted by Crippen LogP contribution is 2.28. The van der Waals surface area contributed by atoms with Crippen LogP contribution in [0.5, 0.6) is 11.5 Å².